The maximum Gasteiger partial charge on any atom is 0.123 e. The molecule has 0 aliphatic carbocycles. The number of halogens is 1. The molecule has 1 aromatic carbocycles. The van der Waals surface area contributed by atoms with E-state index in [-0.39, 0.29) is 11.2 Å². The average molecular weight is 278 g/mol. The minimum Gasteiger partial charge on any atom is -0.315 e. The van der Waals surface area contributed by atoms with E-state index in [4.69, 9.17) is 4.98 Å². The minimum atomic E-state index is -0.216. The smallest absolute Gasteiger partial charge is 0.123 e. The van der Waals surface area contributed by atoms with Crippen molar-refractivity contribution in [1.82, 2.24) is 10.3 Å². The van der Waals surface area contributed by atoms with Crippen LogP contribution in [0.5, 0.6) is 0 Å². The van der Waals surface area contributed by atoms with E-state index in [0.717, 1.165) is 22.8 Å². The lowest BCUT2D eigenvalue weighted by atomic mass is 9.91. The van der Waals surface area contributed by atoms with Gasteiger partial charge < -0.3 is 5.32 Å². The SMILES string of the molecule is CNCc1sc(-c2ccc(F)cc2)nc1C(C)(C)C. The first-order valence-electron chi connectivity index (χ1n) is 6.32. The second kappa shape index (κ2) is 5.39. The number of nitrogens with zero attached hydrogens (tertiary/aromatic N) is 1. The minimum absolute atomic E-state index is 0.0148. The number of hydrogen-bond donors (Lipinski definition) is 1. The van der Waals surface area contributed by atoms with E-state index in [9.17, 15) is 4.39 Å². The van der Waals surface area contributed by atoms with Gasteiger partial charge in [0, 0.05) is 22.4 Å². The van der Waals surface area contributed by atoms with Crippen molar-refractivity contribution in [1.29, 1.82) is 0 Å². The van der Waals surface area contributed by atoms with Gasteiger partial charge in [-0.15, -0.1) is 11.3 Å². The van der Waals surface area contributed by atoms with E-state index in [0.29, 0.717) is 0 Å². The van der Waals surface area contributed by atoms with Gasteiger partial charge in [-0.25, -0.2) is 9.37 Å². The molecule has 1 heterocycles. The van der Waals surface area contributed by atoms with E-state index >= 15 is 0 Å². The predicted molar refractivity (Wildman–Crippen MR) is 79.0 cm³/mol. The molecular formula is C15H19FN2S. The van der Waals surface area contributed by atoms with Crippen molar-refractivity contribution >= 4 is 11.3 Å². The van der Waals surface area contributed by atoms with E-state index < -0.39 is 0 Å². The van der Waals surface area contributed by atoms with Crippen LogP contribution < -0.4 is 5.32 Å². The van der Waals surface area contributed by atoms with Crippen molar-refractivity contribution in [2.24, 2.45) is 0 Å². The first kappa shape index (κ1) is 14.2. The Kier molecular flexibility index (Phi) is 4.02. The van der Waals surface area contributed by atoms with E-state index in [1.807, 2.05) is 7.05 Å². The predicted octanol–water partition coefficient (Wildman–Crippen LogP) is 3.97. The summed E-state index contributed by atoms with van der Waals surface area (Å²) in [7, 11) is 1.93. The zero-order valence-electron chi connectivity index (χ0n) is 11.7. The van der Waals surface area contributed by atoms with E-state index in [2.05, 4.69) is 26.1 Å². The lowest BCUT2D eigenvalue weighted by Crippen LogP contribution is -2.16. The number of aromatic nitrogens is 1. The van der Waals surface area contributed by atoms with Crippen LogP contribution in [0.3, 0.4) is 0 Å². The molecule has 0 bridgehead atoms. The molecule has 2 rings (SSSR count). The molecule has 2 nitrogen and oxygen atoms in total. The maximum absolute atomic E-state index is 13.0. The van der Waals surface area contributed by atoms with Gasteiger partial charge in [-0.3, -0.25) is 0 Å². The molecule has 0 spiro atoms. The van der Waals surface area contributed by atoms with Gasteiger partial charge in [0.2, 0.25) is 0 Å². The second-order valence-electron chi connectivity index (χ2n) is 5.58. The molecule has 0 radical (unpaired) electrons. The Bertz CT molecular complexity index is 553. The Labute approximate surface area is 117 Å². The lowest BCUT2D eigenvalue weighted by molar-refractivity contribution is 0.563. The van der Waals surface area contributed by atoms with Crippen LogP contribution in [0.4, 0.5) is 4.39 Å². The molecule has 0 unspecified atom stereocenters. The van der Waals surface area contributed by atoms with E-state index in [1.54, 1.807) is 23.5 Å². The number of benzene rings is 1. The molecule has 0 saturated heterocycles. The number of thiazole rings is 1. The van der Waals surface area contributed by atoms with Gasteiger partial charge in [0.05, 0.1) is 5.69 Å². The highest BCUT2D eigenvalue weighted by Crippen LogP contribution is 2.34. The third-order valence-corrected chi connectivity index (χ3v) is 3.94. The summed E-state index contributed by atoms with van der Waals surface area (Å²) in [6.07, 6.45) is 0. The zero-order valence-corrected chi connectivity index (χ0v) is 12.6. The summed E-state index contributed by atoms with van der Waals surface area (Å²) >= 11 is 1.67. The van der Waals surface area contributed by atoms with Gasteiger partial charge in [-0.1, -0.05) is 20.8 Å². The number of rotatable bonds is 3. The average Bonchev–Trinajstić information content (AvgIpc) is 2.74. The van der Waals surface area contributed by atoms with Crippen molar-refractivity contribution in [3.63, 3.8) is 0 Å². The van der Waals surface area contributed by atoms with Crippen LogP contribution in [0.15, 0.2) is 24.3 Å². The Morgan fingerprint density at radius 3 is 2.37 bits per heavy atom. The van der Waals surface area contributed by atoms with Gasteiger partial charge in [0.25, 0.3) is 0 Å². The van der Waals surface area contributed by atoms with Crippen LogP contribution in [-0.4, -0.2) is 12.0 Å². The van der Waals surface area contributed by atoms with Gasteiger partial charge in [0.15, 0.2) is 0 Å². The normalized spacial score (nSPS) is 11.8. The fourth-order valence-corrected chi connectivity index (χ4v) is 3.22. The molecule has 0 atom stereocenters. The Morgan fingerprint density at radius 2 is 1.84 bits per heavy atom. The molecule has 0 aliphatic heterocycles. The van der Waals surface area contributed by atoms with Crippen molar-refractivity contribution in [3.8, 4) is 10.6 Å². The highest BCUT2D eigenvalue weighted by atomic mass is 32.1. The summed E-state index contributed by atoms with van der Waals surface area (Å²) in [5, 5.41) is 4.13. The lowest BCUT2D eigenvalue weighted by Gasteiger charge is -2.17. The maximum atomic E-state index is 13.0. The molecule has 2 aromatic rings. The summed E-state index contributed by atoms with van der Waals surface area (Å²) in [4.78, 5) is 6.00. The van der Waals surface area contributed by atoms with Gasteiger partial charge in [-0.2, -0.15) is 0 Å². The molecule has 1 aromatic heterocycles. The molecule has 0 saturated carbocycles. The van der Waals surface area contributed by atoms with Crippen LogP contribution in [0.1, 0.15) is 31.3 Å². The summed E-state index contributed by atoms with van der Waals surface area (Å²) in [5.41, 5.74) is 2.10. The van der Waals surface area contributed by atoms with Gasteiger partial charge in [0.1, 0.15) is 10.8 Å². The van der Waals surface area contributed by atoms with Crippen LogP contribution in [0.25, 0.3) is 10.6 Å². The highest BCUT2D eigenvalue weighted by molar-refractivity contribution is 7.15. The summed E-state index contributed by atoms with van der Waals surface area (Å²) < 4.78 is 13.0. The van der Waals surface area contributed by atoms with Crippen LogP contribution >= 0.6 is 11.3 Å². The fourth-order valence-electron chi connectivity index (χ4n) is 1.93. The fraction of sp³-hybridized carbons (Fsp3) is 0.400. The Balaban J connectivity index is 2.45. The molecule has 0 fully saturated rings. The van der Waals surface area contributed by atoms with Crippen LogP contribution in [-0.2, 0) is 12.0 Å². The monoisotopic (exact) mass is 278 g/mol. The highest BCUT2D eigenvalue weighted by Gasteiger charge is 2.23. The Morgan fingerprint density at radius 1 is 1.21 bits per heavy atom. The molecule has 102 valence electrons. The Hall–Kier alpha value is -1.26. The van der Waals surface area contributed by atoms with Crippen LogP contribution in [0.2, 0.25) is 0 Å². The molecule has 4 heteroatoms. The second-order valence-corrected chi connectivity index (χ2v) is 6.66. The van der Waals surface area contributed by atoms with Gasteiger partial charge >= 0.3 is 0 Å². The third-order valence-electron chi connectivity index (χ3n) is 2.84. The van der Waals surface area contributed by atoms with Crippen molar-refractivity contribution in [2.45, 2.75) is 32.7 Å². The number of hydrogen-bond acceptors (Lipinski definition) is 3. The largest absolute Gasteiger partial charge is 0.315 e. The van der Waals surface area contributed by atoms with E-state index in [1.165, 1.54) is 17.0 Å². The first-order chi connectivity index (χ1) is 8.91. The summed E-state index contributed by atoms with van der Waals surface area (Å²) in [5.74, 6) is -0.216. The molecule has 1 N–H and O–H groups in total. The zero-order chi connectivity index (χ0) is 14.0. The first-order valence-corrected chi connectivity index (χ1v) is 7.14. The van der Waals surface area contributed by atoms with Crippen molar-refractivity contribution in [2.75, 3.05) is 7.05 Å². The standard InChI is InChI=1S/C15H19FN2S/c1-15(2,3)13-12(9-17-4)19-14(18-13)10-5-7-11(16)8-6-10/h5-8,17H,9H2,1-4H3. The molecular weight excluding hydrogens is 259 g/mol. The number of nitrogens with one attached hydrogen (secondary N) is 1. The molecule has 19 heavy (non-hydrogen) atoms. The summed E-state index contributed by atoms with van der Waals surface area (Å²) in [6.45, 7) is 7.30. The third kappa shape index (κ3) is 3.19. The summed E-state index contributed by atoms with van der Waals surface area (Å²) in [6, 6.07) is 6.52. The quantitative estimate of drug-likeness (QED) is 0.919. The molecule has 0 aliphatic rings. The topological polar surface area (TPSA) is 24.9 Å². The van der Waals surface area contributed by atoms with Crippen molar-refractivity contribution in [3.05, 3.63) is 40.7 Å². The van der Waals surface area contributed by atoms with Crippen molar-refractivity contribution < 1.29 is 4.39 Å². The molecule has 0 amide bonds. The van der Waals surface area contributed by atoms with Crippen LogP contribution in [0, 0.1) is 5.82 Å². The van der Waals surface area contributed by atoms with Gasteiger partial charge in [-0.05, 0) is 31.3 Å².